The molecule has 0 saturated carbocycles. The van der Waals surface area contributed by atoms with Crippen LogP contribution >= 0.6 is 0 Å². The highest BCUT2D eigenvalue weighted by Crippen LogP contribution is 2.12. The maximum atomic E-state index is 11.8. The summed E-state index contributed by atoms with van der Waals surface area (Å²) in [4.78, 5) is 11.8. The van der Waals surface area contributed by atoms with Crippen LogP contribution in [0.1, 0.15) is 17.3 Å². The number of hydrogen-bond donors (Lipinski definition) is 3. The van der Waals surface area contributed by atoms with E-state index in [-0.39, 0.29) is 11.9 Å². The molecule has 0 radical (unpaired) electrons. The van der Waals surface area contributed by atoms with Crippen molar-refractivity contribution in [3.8, 4) is 0 Å². The topological polar surface area (TPSA) is 83.8 Å². The first kappa shape index (κ1) is 10.6. The molecular formula is C11H14N4O. The Morgan fingerprint density at radius 2 is 2.44 bits per heavy atom. The van der Waals surface area contributed by atoms with Crippen molar-refractivity contribution >= 4 is 16.8 Å². The molecule has 1 heterocycles. The van der Waals surface area contributed by atoms with Crippen molar-refractivity contribution in [2.24, 2.45) is 5.73 Å². The van der Waals surface area contributed by atoms with Crippen molar-refractivity contribution in [1.82, 2.24) is 15.5 Å². The van der Waals surface area contributed by atoms with Gasteiger partial charge >= 0.3 is 0 Å². The van der Waals surface area contributed by atoms with Crippen LogP contribution in [-0.4, -0.2) is 28.7 Å². The first-order chi connectivity index (χ1) is 7.70. The highest BCUT2D eigenvalue weighted by molar-refractivity contribution is 5.97. The number of benzene rings is 1. The van der Waals surface area contributed by atoms with Crippen LogP contribution in [0, 0.1) is 0 Å². The van der Waals surface area contributed by atoms with Gasteiger partial charge in [0.2, 0.25) is 0 Å². The third kappa shape index (κ3) is 2.04. The summed E-state index contributed by atoms with van der Waals surface area (Å²) in [6, 6.07) is 5.39. The number of hydrogen-bond acceptors (Lipinski definition) is 3. The number of amides is 1. The lowest BCUT2D eigenvalue weighted by Crippen LogP contribution is -2.37. The van der Waals surface area contributed by atoms with Gasteiger partial charge in [0, 0.05) is 23.5 Å². The van der Waals surface area contributed by atoms with Crippen LogP contribution in [-0.2, 0) is 0 Å². The maximum Gasteiger partial charge on any atom is 0.251 e. The minimum absolute atomic E-state index is 0.0232. The summed E-state index contributed by atoms with van der Waals surface area (Å²) in [5.41, 5.74) is 6.90. The van der Waals surface area contributed by atoms with E-state index in [0.717, 1.165) is 10.9 Å². The molecule has 1 aromatic heterocycles. The largest absolute Gasteiger partial charge is 0.348 e. The number of fused-ring (bicyclic) bond motifs is 1. The van der Waals surface area contributed by atoms with E-state index >= 15 is 0 Å². The van der Waals surface area contributed by atoms with Crippen molar-refractivity contribution in [2.45, 2.75) is 13.0 Å². The molecule has 1 aromatic carbocycles. The molecule has 0 saturated heterocycles. The van der Waals surface area contributed by atoms with Crippen LogP contribution in [0.25, 0.3) is 10.9 Å². The molecule has 1 atom stereocenters. The third-order valence-corrected chi connectivity index (χ3v) is 2.44. The zero-order valence-corrected chi connectivity index (χ0v) is 9.03. The Labute approximate surface area is 93.0 Å². The Morgan fingerprint density at radius 3 is 3.19 bits per heavy atom. The minimum atomic E-state index is -0.116. The van der Waals surface area contributed by atoms with E-state index in [1.54, 1.807) is 18.3 Å². The first-order valence-corrected chi connectivity index (χ1v) is 5.15. The summed E-state index contributed by atoms with van der Waals surface area (Å²) in [6.07, 6.45) is 1.72. The highest BCUT2D eigenvalue weighted by atomic mass is 16.1. The van der Waals surface area contributed by atoms with Crippen LogP contribution in [0.4, 0.5) is 0 Å². The molecule has 1 amide bonds. The summed E-state index contributed by atoms with van der Waals surface area (Å²) < 4.78 is 0. The van der Waals surface area contributed by atoms with E-state index < -0.39 is 0 Å². The summed E-state index contributed by atoms with van der Waals surface area (Å²) in [7, 11) is 0. The second kappa shape index (κ2) is 4.32. The average Bonchev–Trinajstić information content (AvgIpc) is 2.75. The molecule has 0 spiro atoms. The van der Waals surface area contributed by atoms with Gasteiger partial charge in [0.1, 0.15) is 0 Å². The molecule has 0 bridgehead atoms. The summed E-state index contributed by atoms with van der Waals surface area (Å²) in [6.45, 7) is 2.30. The highest BCUT2D eigenvalue weighted by Gasteiger charge is 2.09. The van der Waals surface area contributed by atoms with E-state index in [1.807, 2.05) is 13.0 Å². The van der Waals surface area contributed by atoms with E-state index in [1.165, 1.54) is 0 Å². The number of carbonyl (C=O) groups is 1. The molecule has 84 valence electrons. The Hall–Kier alpha value is -1.88. The van der Waals surface area contributed by atoms with E-state index in [2.05, 4.69) is 15.5 Å². The number of nitrogens with one attached hydrogen (secondary N) is 2. The smallest absolute Gasteiger partial charge is 0.251 e. The van der Waals surface area contributed by atoms with Crippen molar-refractivity contribution in [3.63, 3.8) is 0 Å². The zero-order valence-electron chi connectivity index (χ0n) is 9.03. The average molecular weight is 218 g/mol. The fourth-order valence-corrected chi connectivity index (χ4v) is 1.44. The molecule has 5 nitrogen and oxygen atoms in total. The number of carbonyl (C=O) groups excluding carboxylic acids is 1. The van der Waals surface area contributed by atoms with Crippen LogP contribution in [0.15, 0.2) is 24.4 Å². The third-order valence-electron chi connectivity index (χ3n) is 2.44. The maximum absolute atomic E-state index is 11.8. The van der Waals surface area contributed by atoms with Gasteiger partial charge in [0.15, 0.2) is 0 Å². The van der Waals surface area contributed by atoms with Crippen LogP contribution < -0.4 is 11.1 Å². The van der Waals surface area contributed by atoms with E-state index in [9.17, 15) is 4.79 Å². The van der Waals surface area contributed by atoms with Crippen LogP contribution in [0.5, 0.6) is 0 Å². The van der Waals surface area contributed by atoms with Crippen molar-refractivity contribution in [1.29, 1.82) is 0 Å². The van der Waals surface area contributed by atoms with Gasteiger partial charge < -0.3 is 11.1 Å². The van der Waals surface area contributed by atoms with Gasteiger partial charge in [-0.15, -0.1) is 0 Å². The van der Waals surface area contributed by atoms with Gasteiger partial charge in [-0.3, -0.25) is 9.89 Å². The summed E-state index contributed by atoms with van der Waals surface area (Å²) in [5, 5.41) is 10.5. The molecule has 0 fully saturated rings. The second-order valence-electron chi connectivity index (χ2n) is 3.78. The van der Waals surface area contributed by atoms with Crippen molar-refractivity contribution < 1.29 is 4.79 Å². The number of H-pyrrole nitrogens is 1. The quantitative estimate of drug-likeness (QED) is 0.706. The number of aromatic nitrogens is 2. The molecule has 4 N–H and O–H groups in total. The Kier molecular flexibility index (Phi) is 2.87. The molecule has 16 heavy (non-hydrogen) atoms. The lowest BCUT2D eigenvalue weighted by Gasteiger charge is -2.10. The number of nitrogens with zero attached hydrogens (tertiary/aromatic N) is 1. The Balaban J connectivity index is 2.22. The number of aromatic amines is 1. The van der Waals surface area contributed by atoms with Crippen LogP contribution in [0.2, 0.25) is 0 Å². The van der Waals surface area contributed by atoms with Gasteiger partial charge in [0.05, 0.1) is 11.7 Å². The van der Waals surface area contributed by atoms with Crippen molar-refractivity contribution in [3.05, 3.63) is 30.0 Å². The Morgan fingerprint density at radius 1 is 1.62 bits per heavy atom. The molecule has 2 rings (SSSR count). The monoisotopic (exact) mass is 218 g/mol. The van der Waals surface area contributed by atoms with Gasteiger partial charge in [-0.25, -0.2) is 0 Å². The predicted octanol–water partition coefficient (Wildman–Crippen LogP) is 0.640. The Bertz CT molecular complexity index is 505. The van der Waals surface area contributed by atoms with Gasteiger partial charge in [-0.1, -0.05) is 6.07 Å². The van der Waals surface area contributed by atoms with Gasteiger partial charge in [0.25, 0.3) is 5.91 Å². The number of rotatable bonds is 3. The molecular weight excluding hydrogens is 204 g/mol. The second-order valence-corrected chi connectivity index (χ2v) is 3.78. The van der Waals surface area contributed by atoms with Crippen LogP contribution in [0.3, 0.4) is 0 Å². The normalized spacial score (nSPS) is 12.6. The molecule has 0 aliphatic carbocycles. The van der Waals surface area contributed by atoms with Gasteiger partial charge in [-0.05, 0) is 19.1 Å². The predicted molar refractivity (Wildman–Crippen MR) is 62.1 cm³/mol. The molecule has 0 aliphatic rings. The number of nitrogens with two attached hydrogens (primary N) is 1. The standard InChI is InChI=1S/C11H14N4O/c1-7(5-12)14-11(16)8-2-3-9-6-13-15-10(9)4-8/h2-4,6-7H,5,12H2,1H3,(H,13,15)(H,14,16)/t7-/m1/s1. The zero-order chi connectivity index (χ0) is 11.5. The minimum Gasteiger partial charge on any atom is -0.348 e. The van der Waals surface area contributed by atoms with Gasteiger partial charge in [-0.2, -0.15) is 5.10 Å². The lowest BCUT2D eigenvalue weighted by molar-refractivity contribution is 0.0941. The molecule has 5 heteroatoms. The molecule has 0 aliphatic heterocycles. The van der Waals surface area contributed by atoms with E-state index in [4.69, 9.17) is 5.73 Å². The first-order valence-electron chi connectivity index (χ1n) is 5.15. The summed E-state index contributed by atoms with van der Waals surface area (Å²) >= 11 is 0. The molecule has 0 unspecified atom stereocenters. The summed E-state index contributed by atoms with van der Waals surface area (Å²) in [5.74, 6) is -0.116. The fraction of sp³-hybridized carbons (Fsp3) is 0.273. The SMILES string of the molecule is C[C@H](CN)NC(=O)c1ccc2cn[nH]c2c1. The molecule has 2 aromatic rings. The fourth-order valence-electron chi connectivity index (χ4n) is 1.44. The van der Waals surface area contributed by atoms with E-state index in [0.29, 0.717) is 12.1 Å². The van der Waals surface area contributed by atoms with Crippen molar-refractivity contribution in [2.75, 3.05) is 6.54 Å². The lowest BCUT2D eigenvalue weighted by atomic mass is 10.1.